The van der Waals surface area contributed by atoms with Crippen molar-refractivity contribution in [1.29, 1.82) is 0 Å². The lowest BCUT2D eigenvalue weighted by Crippen LogP contribution is -2.44. The Morgan fingerprint density at radius 3 is 2.41 bits per heavy atom. The summed E-state index contributed by atoms with van der Waals surface area (Å²) in [5.74, 6) is 2.94. The van der Waals surface area contributed by atoms with Crippen molar-refractivity contribution in [1.82, 2.24) is 4.90 Å². The lowest BCUT2D eigenvalue weighted by molar-refractivity contribution is -0.108. The van der Waals surface area contributed by atoms with E-state index in [0.717, 1.165) is 19.1 Å². The van der Waals surface area contributed by atoms with Crippen molar-refractivity contribution in [3.63, 3.8) is 0 Å². The van der Waals surface area contributed by atoms with E-state index >= 15 is 0 Å². The molecule has 0 aromatic heterocycles. The SMILES string of the molecule is O=CCC[C@H]1[C@H](N2CCSCC2)CC[C@H]1OCc1ccc(-c2ccccc2)cc1. The number of rotatable bonds is 8. The maximum absolute atomic E-state index is 11.0. The number of carbonyl (C=O) groups excluding carboxylic acids is 1. The molecule has 0 unspecified atom stereocenters. The highest BCUT2D eigenvalue weighted by molar-refractivity contribution is 7.99. The second kappa shape index (κ2) is 10.4. The van der Waals surface area contributed by atoms with Gasteiger partial charge in [0.05, 0.1) is 12.7 Å². The topological polar surface area (TPSA) is 29.5 Å². The van der Waals surface area contributed by atoms with Gasteiger partial charge in [-0.05, 0) is 36.0 Å². The second-order valence-corrected chi connectivity index (χ2v) is 9.34. The van der Waals surface area contributed by atoms with Gasteiger partial charge in [0.25, 0.3) is 0 Å². The fraction of sp³-hybridized carbons (Fsp3) is 0.480. The van der Waals surface area contributed by atoms with Gasteiger partial charge in [-0.15, -0.1) is 0 Å². The van der Waals surface area contributed by atoms with Gasteiger partial charge in [0.15, 0.2) is 0 Å². The van der Waals surface area contributed by atoms with Crippen LogP contribution in [0, 0.1) is 5.92 Å². The van der Waals surface area contributed by atoms with E-state index in [2.05, 4.69) is 65.2 Å². The van der Waals surface area contributed by atoms with Crippen molar-refractivity contribution in [2.24, 2.45) is 5.92 Å². The summed E-state index contributed by atoms with van der Waals surface area (Å²) in [6.07, 6.45) is 5.25. The van der Waals surface area contributed by atoms with E-state index in [-0.39, 0.29) is 6.10 Å². The minimum atomic E-state index is 0.267. The van der Waals surface area contributed by atoms with Crippen LogP contribution in [-0.2, 0) is 16.1 Å². The van der Waals surface area contributed by atoms with Crippen molar-refractivity contribution in [3.05, 3.63) is 60.2 Å². The van der Waals surface area contributed by atoms with E-state index in [1.165, 1.54) is 47.7 Å². The van der Waals surface area contributed by atoms with Gasteiger partial charge in [-0.25, -0.2) is 0 Å². The van der Waals surface area contributed by atoms with Crippen molar-refractivity contribution < 1.29 is 9.53 Å². The molecule has 2 fully saturated rings. The van der Waals surface area contributed by atoms with Gasteiger partial charge >= 0.3 is 0 Å². The average Bonchev–Trinajstić information content (AvgIpc) is 3.20. The molecule has 0 bridgehead atoms. The smallest absolute Gasteiger partial charge is 0.120 e. The van der Waals surface area contributed by atoms with E-state index in [0.29, 0.717) is 25.0 Å². The van der Waals surface area contributed by atoms with Crippen LogP contribution < -0.4 is 0 Å². The summed E-state index contributed by atoms with van der Waals surface area (Å²) in [4.78, 5) is 13.7. The fourth-order valence-corrected chi connectivity index (χ4v) is 5.78. The summed E-state index contributed by atoms with van der Waals surface area (Å²) in [7, 11) is 0. The number of hydrogen-bond acceptors (Lipinski definition) is 4. The first kappa shape index (κ1) is 20.6. The van der Waals surface area contributed by atoms with Crippen molar-refractivity contribution in [2.75, 3.05) is 24.6 Å². The summed E-state index contributed by atoms with van der Waals surface area (Å²) in [6.45, 7) is 3.01. The van der Waals surface area contributed by atoms with Crippen LogP contribution in [0.5, 0.6) is 0 Å². The normalized spacial score (nSPS) is 25.2. The molecule has 2 aromatic carbocycles. The van der Waals surface area contributed by atoms with Crippen molar-refractivity contribution in [3.8, 4) is 11.1 Å². The predicted molar refractivity (Wildman–Crippen MR) is 121 cm³/mol. The molecule has 3 atom stereocenters. The molecule has 1 aliphatic heterocycles. The molecule has 1 saturated carbocycles. The third-order valence-corrected chi connectivity index (χ3v) is 7.32. The van der Waals surface area contributed by atoms with Crippen LogP contribution in [0.25, 0.3) is 11.1 Å². The Balaban J connectivity index is 1.36. The molecule has 1 saturated heterocycles. The number of carbonyl (C=O) groups is 1. The van der Waals surface area contributed by atoms with Gasteiger partial charge in [-0.2, -0.15) is 11.8 Å². The van der Waals surface area contributed by atoms with Crippen LogP contribution in [0.4, 0.5) is 0 Å². The molecule has 0 amide bonds. The van der Waals surface area contributed by atoms with Crippen LogP contribution >= 0.6 is 11.8 Å². The highest BCUT2D eigenvalue weighted by Gasteiger charge is 2.39. The minimum Gasteiger partial charge on any atom is -0.373 e. The second-order valence-electron chi connectivity index (χ2n) is 8.11. The molecule has 3 nitrogen and oxygen atoms in total. The molecule has 154 valence electrons. The predicted octanol–water partition coefficient (Wildman–Crippen LogP) is 5.05. The quantitative estimate of drug-likeness (QED) is 0.571. The molecule has 29 heavy (non-hydrogen) atoms. The van der Waals surface area contributed by atoms with Crippen molar-refractivity contribution in [2.45, 2.75) is 44.4 Å². The first-order chi connectivity index (χ1) is 14.3. The average molecular weight is 410 g/mol. The summed E-state index contributed by atoms with van der Waals surface area (Å²) >= 11 is 2.06. The Morgan fingerprint density at radius 1 is 0.966 bits per heavy atom. The fourth-order valence-electron chi connectivity index (χ4n) is 4.85. The number of benzene rings is 2. The lowest BCUT2D eigenvalue weighted by Gasteiger charge is -2.36. The summed E-state index contributed by atoms with van der Waals surface area (Å²) < 4.78 is 6.42. The van der Waals surface area contributed by atoms with Gasteiger partial charge in [-0.1, -0.05) is 54.6 Å². The molecular formula is C25H31NO2S. The first-order valence-corrected chi connectivity index (χ1v) is 12.0. The Labute approximate surface area is 178 Å². The summed E-state index contributed by atoms with van der Waals surface area (Å²) in [5.41, 5.74) is 3.70. The zero-order chi connectivity index (χ0) is 19.9. The van der Waals surface area contributed by atoms with Gasteiger partial charge < -0.3 is 9.53 Å². The lowest BCUT2D eigenvalue weighted by atomic mass is 9.94. The van der Waals surface area contributed by atoms with E-state index in [1.807, 2.05) is 6.07 Å². The van der Waals surface area contributed by atoms with E-state index in [9.17, 15) is 4.79 Å². The Kier molecular flexibility index (Phi) is 7.42. The highest BCUT2D eigenvalue weighted by Crippen LogP contribution is 2.37. The third kappa shape index (κ3) is 5.30. The van der Waals surface area contributed by atoms with Crippen LogP contribution in [0.3, 0.4) is 0 Å². The van der Waals surface area contributed by atoms with E-state index in [4.69, 9.17) is 4.74 Å². The molecule has 0 N–H and O–H groups in total. The zero-order valence-electron chi connectivity index (χ0n) is 17.0. The number of thioether (sulfide) groups is 1. The molecule has 4 heteroatoms. The molecule has 4 rings (SSSR count). The Bertz CT molecular complexity index is 758. The maximum Gasteiger partial charge on any atom is 0.120 e. The Morgan fingerprint density at radius 2 is 1.69 bits per heavy atom. The summed E-state index contributed by atoms with van der Waals surface area (Å²) in [6, 6.07) is 19.8. The molecule has 0 radical (unpaired) electrons. The molecular weight excluding hydrogens is 378 g/mol. The number of nitrogens with zero attached hydrogens (tertiary/aromatic N) is 1. The molecule has 1 heterocycles. The minimum absolute atomic E-state index is 0.267. The van der Waals surface area contributed by atoms with Gasteiger partial charge in [0.2, 0.25) is 0 Å². The zero-order valence-corrected chi connectivity index (χ0v) is 17.9. The van der Waals surface area contributed by atoms with Crippen LogP contribution in [-0.4, -0.2) is 47.9 Å². The van der Waals surface area contributed by atoms with Crippen molar-refractivity contribution >= 4 is 18.0 Å². The van der Waals surface area contributed by atoms with Gasteiger partial charge in [-0.3, -0.25) is 4.90 Å². The molecule has 2 aliphatic rings. The molecule has 1 aliphatic carbocycles. The first-order valence-electron chi connectivity index (χ1n) is 10.9. The third-order valence-electron chi connectivity index (χ3n) is 6.38. The van der Waals surface area contributed by atoms with Gasteiger partial charge in [0.1, 0.15) is 6.29 Å². The number of hydrogen-bond donors (Lipinski definition) is 0. The Hall–Kier alpha value is -1.62. The summed E-state index contributed by atoms with van der Waals surface area (Å²) in [5, 5.41) is 0. The van der Waals surface area contributed by atoms with Crippen LogP contribution in [0.15, 0.2) is 54.6 Å². The number of ether oxygens (including phenoxy) is 1. The standard InChI is InChI=1S/C25H31NO2S/c27-16-4-7-23-24(26-14-17-29-18-15-26)12-13-25(23)28-19-20-8-10-22(11-9-20)21-5-2-1-3-6-21/h1-3,5-6,8-11,16,23-25H,4,7,12-15,17-19H2/t23-,24+,25+/m0/s1. The maximum atomic E-state index is 11.0. The van der Waals surface area contributed by atoms with E-state index < -0.39 is 0 Å². The highest BCUT2D eigenvalue weighted by atomic mass is 32.2. The van der Waals surface area contributed by atoms with Crippen LogP contribution in [0.1, 0.15) is 31.2 Å². The van der Waals surface area contributed by atoms with E-state index in [1.54, 1.807) is 0 Å². The largest absolute Gasteiger partial charge is 0.373 e. The monoisotopic (exact) mass is 409 g/mol. The number of aldehydes is 1. The van der Waals surface area contributed by atoms with Gasteiger partial charge in [0, 0.05) is 43.0 Å². The molecule has 2 aromatic rings. The van der Waals surface area contributed by atoms with Crippen LogP contribution in [0.2, 0.25) is 0 Å². The molecule has 0 spiro atoms.